The maximum absolute atomic E-state index is 12.6. The highest BCUT2D eigenvalue weighted by molar-refractivity contribution is 6.09. The molecule has 2 aromatic carbocycles. The molecule has 1 amide bonds. The summed E-state index contributed by atoms with van der Waals surface area (Å²) in [7, 11) is 5.50. The minimum atomic E-state index is -5.06. The summed E-state index contributed by atoms with van der Waals surface area (Å²) in [5.41, 5.74) is -0.457. The SMILES string of the molecule is [B]Cc1cc(Oc2ccc(C(F)(F)F)cc2)c(C)cc1NC(=O)C(F)(F)F. The van der Waals surface area contributed by atoms with Gasteiger partial charge in [0.1, 0.15) is 11.5 Å². The van der Waals surface area contributed by atoms with Crippen LogP contribution in [0, 0.1) is 6.92 Å². The summed E-state index contributed by atoms with van der Waals surface area (Å²) in [5, 5.41) is 1.73. The highest BCUT2D eigenvalue weighted by Crippen LogP contribution is 2.34. The van der Waals surface area contributed by atoms with Crippen LogP contribution >= 0.6 is 0 Å². The van der Waals surface area contributed by atoms with Gasteiger partial charge in [-0.15, -0.1) is 0 Å². The molecule has 0 saturated carbocycles. The second-order valence-electron chi connectivity index (χ2n) is 5.56. The van der Waals surface area contributed by atoms with Crippen molar-refractivity contribution in [2.45, 2.75) is 25.6 Å². The van der Waals surface area contributed by atoms with Gasteiger partial charge in [-0.3, -0.25) is 4.79 Å². The number of hydrogen-bond acceptors (Lipinski definition) is 2. The Balaban J connectivity index is 2.27. The molecule has 0 atom stereocenters. The van der Waals surface area contributed by atoms with Crippen molar-refractivity contribution in [2.24, 2.45) is 0 Å². The molecular formula is C17H12BF6NO2. The molecule has 2 radical (unpaired) electrons. The summed E-state index contributed by atoms with van der Waals surface area (Å²) in [6.07, 6.45) is -9.74. The molecule has 0 heterocycles. The maximum Gasteiger partial charge on any atom is 0.471 e. The number of halogens is 6. The Morgan fingerprint density at radius 3 is 2.15 bits per heavy atom. The summed E-state index contributed by atoms with van der Waals surface area (Å²) in [4.78, 5) is 11.1. The molecule has 0 aliphatic rings. The number of carbonyl (C=O) groups is 1. The van der Waals surface area contributed by atoms with Gasteiger partial charge in [-0.2, -0.15) is 26.3 Å². The van der Waals surface area contributed by atoms with Crippen LogP contribution in [0.4, 0.5) is 32.0 Å². The molecule has 1 N–H and O–H groups in total. The third-order valence-corrected chi connectivity index (χ3v) is 3.54. The molecule has 0 aliphatic carbocycles. The van der Waals surface area contributed by atoms with E-state index in [2.05, 4.69) is 0 Å². The largest absolute Gasteiger partial charge is 0.471 e. The van der Waals surface area contributed by atoms with E-state index in [0.717, 1.165) is 24.3 Å². The number of ether oxygens (including phenoxy) is 1. The van der Waals surface area contributed by atoms with Crippen LogP contribution in [0.25, 0.3) is 0 Å². The topological polar surface area (TPSA) is 38.3 Å². The number of nitrogens with one attached hydrogen (secondary N) is 1. The van der Waals surface area contributed by atoms with Crippen molar-refractivity contribution in [2.75, 3.05) is 5.32 Å². The van der Waals surface area contributed by atoms with E-state index >= 15 is 0 Å². The quantitative estimate of drug-likeness (QED) is 0.594. The summed E-state index contributed by atoms with van der Waals surface area (Å²) in [6.45, 7) is 1.50. The summed E-state index contributed by atoms with van der Waals surface area (Å²) >= 11 is 0. The molecule has 0 spiro atoms. The second kappa shape index (κ2) is 7.54. The molecule has 0 unspecified atom stereocenters. The van der Waals surface area contributed by atoms with Crippen molar-refractivity contribution < 1.29 is 35.9 Å². The summed E-state index contributed by atoms with van der Waals surface area (Å²) in [6, 6.07) is 6.47. The first-order chi connectivity index (χ1) is 12.4. The number of alkyl halides is 6. The lowest BCUT2D eigenvalue weighted by Crippen LogP contribution is -2.30. The van der Waals surface area contributed by atoms with Gasteiger partial charge in [0.15, 0.2) is 0 Å². The van der Waals surface area contributed by atoms with E-state index in [1.165, 1.54) is 19.1 Å². The van der Waals surface area contributed by atoms with Crippen molar-refractivity contribution in [3.63, 3.8) is 0 Å². The van der Waals surface area contributed by atoms with E-state index in [-0.39, 0.29) is 29.1 Å². The van der Waals surface area contributed by atoms with Crippen molar-refractivity contribution in [3.8, 4) is 11.5 Å². The Labute approximate surface area is 151 Å². The molecule has 2 aromatic rings. The molecule has 142 valence electrons. The molecular weight excluding hydrogens is 375 g/mol. The zero-order valence-corrected chi connectivity index (χ0v) is 13.8. The molecule has 0 saturated heterocycles. The molecule has 0 aliphatic heterocycles. The number of carbonyl (C=O) groups excluding carboxylic acids is 1. The van der Waals surface area contributed by atoms with Gasteiger partial charge in [0.25, 0.3) is 0 Å². The van der Waals surface area contributed by atoms with Crippen molar-refractivity contribution in [1.29, 1.82) is 0 Å². The Hall–Kier alpha value is -2.65. The van der Waals surface area contributed by atoms with Gasteiger partial charge < -0.3 is 10.1 Å². The van der Waals surface area contributed by atoms with Gasteiger partial charge in [-0.05, 0) is 54.4 Å². The van der Waals surface area contributed by atoms with Crippen LogP contribution in [-0.2, 0) is 17.3 Å². The van der Waals surface area contributed by atoms with Gasteiger partial charge in [0.2, 0.25) is 0 Å². The Bertz CT molecular complexity index is 831. The van der Waals surface area contributed by atoms with Crippen LogP contribution in [0.5, 0.6) is 11.5 Å². The van der Waals surface area contributed by atoms with Gasteiger partial charge in [0.05, 0.1) is 13.4 Å². The summed E-state index contributed by atoms with van der Waals surface area (Å²) < 4.78 is 80.4. The van der Waals surface area contributed by atoms with Crippen LogP contribution in [0.1, 0.15) is 16.7 Å². The lowest BCUT2D eigenvalue weighted by molar-refractivity contribution is -0.167. The Morgan fingerprint density at radius 2 is 1.67 bits per heavy atom. The number of anilines is 1. The average molecular weight is 387 g/mol. The van der Waals surface area contributed by atoms with E-state index < -0.39 is 23.8 Å². The first-order valence-electron chi connectivity index (χ1n) is 7.48. The van der Waals surface area contributed by atoms with E-state index in [1.54, 1.807) is 5.32 Å². The highest BCUT2D eigenvalue weighted by atomic mass is 19.4. The van der Waals surface area contributed by atoms with Gasteiger partial charge in [-0.25, -0.2) is 0 Å². The molecule has 2 rings (SSSR count). The second-order valence-corrected chi connectivity index (χ2v) is 5.56. The minimum absolute atomic E-state index is 0.0983. The Kier molecular flexibility index (Phi) is 5.77. The van der Waals surface area contributed by atoms with E-state index in [9.17, 15) is 31.1 Å². The monoisotopic (exact) mass is 387 g/mol. The fourth-order valence-electron chi connectivity index (χ4n) is 2.16. The van der Waals surface area contributed by atoms with Crippen LogP contribution in [0.2, 0.25) is 0 Å². The lowest BCUT2D eigenvalue weighted by atomic mass is 9.94. The minimum Gasteiger partial charge on any atom is -0.457 e. The number of hydrogen-bond donors (Lipinski definition) is 1. The lowest BCUT2D eigenvalue weighted by Gasteiger charge is -2.16. The molecule has 0 bridgehead atoms. The molecule has 10 heteroatoms. The number of benzene rings is 2. The van der Waals surface area contributed by atoms with E-state index in [1.807, 2.05) is 0 Å². The number of aryl methyl sites for hydroxylation is 1. The van der Waals surface area contributed by atoms with Gasteiger partial charge >= 0.3 is 18.3 Å². The summed E-state index contributed by atoms with van der Waals surface area (Å²) in [5.74, 6) is -1.87. The fourth-order valence-corrected chi connectivity index (χ4v) is 2.16. The maximum atomic E-state index is 12.6. The van der Waals surface area contributed by atoms with Gasteiger partial charge in [0, 0.05) is 5.69 Å². The first kappa shape index (κ1) is 20.7. The molecule has 3 nitrogen and oxygen atoms in total. The van der Waals surface area contributed by atoms with Crippen molar-refractivity contribution in [3.05, 3.63) is 53.1 Å². The van der Waals surface area contributed by atoms with E-state index in [4.69, 9.17) is 12.6 Å². The number of amides is 1. The van der Waals surface area contributed by atoms with Crippen LogP contribution in [0.3, 0.4) is 0 Å². The number of rotatable bonds is 4. The molecule has 0 fully saturated rings. The van der Waals surface area contributed by atoms with Crippen LogP contribution in [-0.4, -0.2) is 19.9 Å². The van der Waals surface area contributed by atoms with E-state index in [0.29, 0.717) is 5.56 Å². The average Bonchev–Trinajstić information content (AvgIpc) is 2.56. The predicted octanol–water partition coefficient (Wildman–Crippen LogP) is 4.98. The zero-order chi connectivity index (χ0) is 20.4. The fraction of sp³-hybridized carbons (Fsp3) is 0.235. The first-order valence-corrected chi connectivity index (χ1v) is 7.48. The predicted molar refractivity (Wildman–Crippen MR) is 86.8 cm³/mol. The van der Waals surface area contributed by atoms with Crippen LogP contribution < -0.4 is 10.1 Å². The standard InChI is InChI=1S/C17H12BF6NO2/c1-9-6-13(25-15(26)17(22,23)24)10(8-18)7-14(9)27-12-4-2-11(3-5-12)16(19,20)21/h2-7H,8H2,1H3,(H,25,26). The smallest absolute Gasteiger partial charge is 0.457 e. The van der Waals surface area contributed by atoms with Gasteiger partial charge in [-0.1, -0.05) is 6.32 Å². The van der Waals surface area contributed by atoms with Crippen molar-refractivity contribution in [1.82, 2.24) is 0 Å². The Morgan fingerprint density at radius 1 is 1.07 bits per heavy atom. The zero-order valence-electron chi connectivity index (χ0n) is 13.8. The molecule has 27 heavy (non-hydrogen) atoms. The van der Waals surface area contributed by atoms with Crippen molar-refractivity contribution >= 4 is 19.4 Å². The third kappa shape index (κ3) is 5.18. The normalized spacial score (nSPS) is 12.0. The molecule has 0 aromatic heterocycles. The van der Waals surface area contributed by atoms with Crippen LogP contribution in [0.15, 0.2) is 36.4 Å². The third-order valence-electron chi connectivity index (χ3n) is 3.54. The highest BCUT2D eigenvalue weighted by Gasteiger charge is 2.39.